The summed E-state index contributed by atoms with van der Waals surface area (Å²) >= 11 is 0. The van der Waals surface area contributed by atoms with Crippen molar-refractivity contribution in [2.75, 3.05) is 38.1 Å². The molecule has 0 saturated carbocycles. The van der Waals surface area contributed by atoms with E-state index < -0.39 is 0 Å². The SMILES string of the molecule is Cc1nc2ccc(-c3cc(=O)n4cc(N5CCN(C)CC5)ccc4n3)cc2o1. The van der Waals surface area contributed by atoms with Crippen LogP contribution in [0.5, 0.6) is 0 Å². The van der Waals surface area contributed by atoms with Crippen molar-refractivity contribution in [1.29, 1.82) is 0 Å². The lowest BCUT2D eigenvalue weighted by Gasteiger charge is -2.34. The second-order valence-electron chi connectivity index (χ2n) is 7.30. The Morgan fingerprint density at radius 1 is 1.00 bits per heavy atom. The number of fused-ring (bicyclic) bond motifs is 2. The Morgan fingerprint density at radius 3 is 2.64 bits per heavy atom. The van der Waals surface area contributed by atoms with E-state index in [0.29, 0.717) is 22.8 Å². The molecule has 0 amide bonds. The molecule has 0 bridgehead atoms. The number of oxazole rings is 1. The zero-order valence-corrected chi connectivity index (χ0v) is 15.9. The minimum Gasteiger partial charge on any atom is -0.441 e. The minimum absolute atomic E-state index is 0.0928. The topological polar surface area (TPSA) is 66.9 Å². The third-order valence-electron chi connectivity index (χ3n) is 5.30. The molecule has 5 rings (SSSR count). The number of pyridine rings is 1. The highest BCUT2D eigenvalue weighted by Gasteiger charge is 2.15. The monoisotopic (exact) mass is 375 g/mol. The fourth-order valence-electron chi connectivity index (χ4n) is 3.69. The first-order valence-electron chi connectivity index (χ1n) is 9.41. The number of anilines is 1. The third-order valence-corrected chi connectivity index (χ3v) is 5.30. The second-order valence-corrected chi connectivity index (χ2v) is 7.30. The molecule has 1 aliphatic rings. The van der Waals surface area contributed by atoms with Gasteiger partial charge >= 0.3 is 0 Å². The van der Waals surface area contributed by atoms with Crippen LogP contribution < -0.4 is 10.5 Å². The summed E-state index contributed by atoms with van der Waals surface area (Å²) in [5, 5.41) is 0. The third kappa shape index (κ3) is 2.93. The van der Waals surface area contributed by atoms with E-state index in [1.54, 1.807) is 10.5 Å². The summed E-state index contributed by atoms with van der Waals surface area (Å²) in [4.78, 5) is 26.4. The Labute approximate surface area is 161 Å². The number of likely N-dealkylation sites (N-methyl/N-ethyl adjacent to an activating group) is 1. The molecule has 0 radical (unpaired) electrons. The molecule has 0 unspecified atom stereocenters. The summed E-state index contributed by atoms with van der Waals surface area (Å²) in [6.07, 6.45) is 1.89. The number of hydrogen-bond donors (Lipinski definition) is 0. The molecule has 3 aromatic heterocycles. The van der Waals surface area contributed by atoms with Crippen LogP contribution in [0.2, 0.25) is 0 Å². The van der Waals surface area contributed by atoms with Crippen LogP contribution in [-0.4, -0.2) is 52.5 Å². The molecule has 1 fully saturated rings. The predicted molar refractivity (Wildman–Crippen MR) is 109 cm³/mol. The molecule has 7 heteroatoms. The molecule has 1 aromatic carbocycles. The Morgan fingerprint density at radius 2 is 1.82 bits per heavy atom. The van der Waals surface area contributed by atoms with Crippen molar-refractivity contribution in [3.63, 3.8) is 0 Å². The number of aromatic nitrogens is 3. The van der Waals surface area contributed by atoms with Gasteiger partial charge in [0.25, 0.3) is 5.56 Å². The van der Waals surface area contributed by atoms with Crippen molar-refractivity contribution in [1.82, 2.24) is 19.3 Å². The number of hydrogen-bond acceptors (Lipinski definition) is 6. The van der Waals surface area contributed by atoms with Crippen molar-refractivity contribution in [3.05, 3.63) is 58.8 Å². The van der Waals surface area contributed by atoms with Gasteiger partial charge in [0.1, 0.15) is 11.2 Å². The van der Waals surface area contributed by atoms with E-state index in [2.05, 4.69) is 21.8 Å². The summed E-state index contributed by atoms with van der Waals surface area (Å²) < 4.78 is 7.23. The largest absolute Gasteiger partial charge is 0.441 e. The lowest BCUT2D eigenvalue weighted by atomic mass is 10.1. The lowest BCUT2D eigenvalue weighted by molar-refractivity contribution is 0.313. The zero-order valence-electron chi connectivity index (χ0n) is 15.9. The first kappa shape index (κ1) is 16.9. The lowest BCUT2D eigenvalue weighted by Crippen LogP contribution is -2.44. The van der Waals surface area contributed by atoms with E-state index >= 15 is 0 Å². The van der Waals surface area contributed by atoms with Gasteiger partial charge < -0.3 is 14.2 Å². The van der Waals surface area contributed by atoms with Gasteiger partial charge in [0.15, 0.2) is 11.5 Å². The maximum absolute atomic E-state index is 12.8. The fraction of sp³-hybridized carbons (Fsp3) is 0.286. The summed E-state index contributed by atoms with van der Waals surface area (Å²) in [6.45, 7) is 5.78. The molecule has 4 heterocycles. The summed E-state index contributed by atoms with van der Waals surface area (Å²) in [7, 11) is 2.13. The Hall–Kier alpha value is -3.19. The number of benzene rings is 1. The average Bonchev–Trinajstić information content (AvgIpc) is 3.07. The van der Waals surface area contributed by atoms with Crippen molar-refractivity contribution >= 4 is 22.4 Å². The van der Waals surface area contributed by atoms with E-state index in [-0.39, 0.29) is 5.56 Å². The predicted octanol–water partition coefficient (Wildman–Crippen LogP) is 2.56. The molecule has 1 aliphatic heterocycles. The van der Waals surface area contributed by atoms with Crippen LogP contribution in [-0.2, 0) is 0 Å². The Balaban J connectivity index is 1.54. The molecule has 4 aromatic rings. The number of rotatable bonds is 2. The van der Waals surface area contributed by atoms with Gasteiger partial charge in [0.2, 0.25) is 0 Å². The first-order valence-corrected chi connectivity index (χ1v) is 9.41. The molecule has 142 valence electrons. The van der Waals surface area contributed by atoms with Crippen molar-refractivity contribution in [2.24, 2.45) is 0 Å². The van der Waals surface area contributed by atoms with Gasteiger partial charge in [-0.2, -0.15) is 0 Å². The van der Waals surface area contributed by atoms with E-state index in [9.17, 15) is 4.79 Å². The molecule has 0 spiro atoms. The fourth-order valence-corrected chi connectivity index (χ4v) is 3.69. The highest BCUT2D eigenvalue weighted by molar-refractivity contribution is 5.79. The molecular formula is C21H21N5O2. The Kier molecular flexibility index (Phi) is 3.91. The summed E-state index contributed by atoms with van der Waals surface area (Å²) in [5.41, 5.74) is 4.56. The minimum atomic E-state index is -0.0928. The van der Waals surface area contributed by atoms with E-state index in [1.165, 1.54) is 0 Å². The summed E-state index contributed by atoms with van der Waals surface area (Å²) in [5.74, 6) is 0.620. The summed E-state index contributed by atoms with van der Waals surface area (Å²) in [6, 6.07) is 11.2. The first-order chi connectivity index (χ1) is 13.6. The average molecular weight is 375 g/mol. The van der Waals surface area contributed by atoms with E-state index in [1.807, 2.05) is 43.5 Å². The van der Waals surface area contributed by atoms with Gasteiger partial charge in [-0.05, 0) is 31.3 Å². The van der Waals surface area contributed by atoms with Crippen LogP contribution in [0.25, 0.3) is 28.0 Å². The molecule has 28 heavy (non-hydrogen) atoms. The molecular weight excluding hydrogens is 354 g/mol. The second kappa shape index (κ2) is 6.45. The van der Waals surface area contributed by atoms with Crippen LogP contribution in [0.3, 0.4) is 0 Å². The highest BCUT2D eigenvalue weighted by atomic mass is 16.3. The van der Waals surface area contributed by atoms with Crippen molar-refractivity contribution < 1.29 is 4.42 Å². The van der Waals surface area contributed by atoms with Crippen molar-refractivity contribution in [3.8, 4) is 11.3 Å². The van der Waals surface area contributed by atoms with Gasteiger partial charge in [-0.3, -0.25) is 9.20 Å². The highest BCUT2D eigenvalue weighted by Crippen LogP contribution is 2.24. The smallest absolute Gasteiger partial charge is 0.258 e. The van der Waals surface area contributed by atoms with Gasteiger partial charge in [-0.15, -0.1) is 0 Å². The number of piperazine rings is 1. The van der Waals surface area contributed by atoms with E-state index in [4.69, 9.17) is 9.40 Å². The zero-order chi connectivity index (χ0) is 19.3. The maximum Gasteiger partial charge on any atom is 0.258 e. The quantitative estimate of drug-likeness (QED) is 0.536. The van der Waals surface area contributed by atoms with E-state index in [0.717, 1.165) is 42.9 Å². The standard InChI is InChI=1S/C21H21N5O2/c1-14-22-17-5-3-15(11-19(17)28-14)18-12-21(27)26-13-16(4-6-20(26)23-18)25-9-7-24(2)8-10-25/h3-6,11-13H,7-10H2,1-2H3. The molecule has 0 N–H and O–H groups in total. The molecule has 1 saturated heterocycles. The van der Waals surface area contributed by atoms with Gasteiger partial charge in [0, 0.05) is 50.9 Å². The molecule has 7 nitrogen and oxygen atoms in total. The van der Waals surface area contributed by atoms with Crippen LogP contribution in [0.1, 0.15) is 5.89 Å². The van der Waals surface area contributed by atoms with Crippen molar-refractivity contribution in [2.45, 2.75) is 6.92 Å². The molecule has 0 atom stereocenters. The normalized spacial score (nSPS) is 15.6. The Bertz CT molecular complexity index is 1230. The maximum atomic E-state index is 12.8. The van der Waals surface area contributed by atoms with Crippen LogP contribution >= 0.6 is 0 Å². The number of aryl methyl sites for hydroxylation is 1. The van der Waals surface area contributed by atoms with Gasteiger partial charge in [0.05, 0.1) is 11.4 Å². The van der Waals surface area contributed by atoms with Crippen LogP contribution in [0.4, 0.5) is 5.69 Å². The molecule has 0 aliphatic carbocycles. The number of nitrogens with zero attached hydrogens (tertiary/aromatic N) is 5. The van der Waals surface area contributed by atoms with Crippen LogP contribution in [0, 0.1) is 6.92 Å². The van der Waals surface area contributed by atoms with Gasteiger partial charge in [-0.25, -0.2) is 9.97 Å². The van der Waals surface area contributed by atoms with Crippen LogP contribution in [0.15, 0.2) is 51.8 Å². The van der Waals surface area contributed by atoms with Gasteiger partial charge in [-0.1, -0.05) is 6.07 Å².